The summed E-state index contributed by atoms with van der Waals surface area (Å²) in [5.74, 6) is -0.187. The summed E-state index contributed by atoms with van der Waals surface area (Å²) in [4.78, 5) is 27.8. The first-order valence-electron chi connectivity index (χ1n) is 7.48. The van der Waals surface area contributed by atoms with Crippen molar-refractivity contribution < 1.29 is 10.0 Å². The Morgan fingerprint density at radius 3 is 2.77 bits per heavy atom. The maximum absolute atomic E-state index is 13.0. The molecule has 0 unspecified atom stereocenters. The highest BCUT2D eigenvalue weighted by molar-refractivity contribution is 9.10. The third kappa shape index (κ3) is 3.14. The Hall–Kier alpha value is -3.25. The molecule has 26 heavy (non-hydrogen) atoms. The van der Waals surface area contributed by atoms with Crippen LogP contribution in [0.5, 0.6) is 5.75 Å². The van der Waals surface area contributed by atoms with E-state index in [2.05, 4.69) is 20.9 Å². The van der Waals surface area contributed by atoms with E-state index in [9.17, 15) is 20.0 Å². The number of aryl methyl sites for hydroxylation is 1. The number of hydrogen-bond donors (Lipinski definition) is 1. The number of aromatic hydroxyl groups is 1. The lowest BCUT2D eigenvalue weighted by Crippen LogP contribution is -2.24. The van der Waals surface area contributed by atoms with Crippen LogP contribution in [0.3, 0.4) is 0 Å². The number of fused-ring (bicyclic) bond motifs is 1. The van der Waals surface area contributed by atoms with E-state index in [1.165, 1.54) is 10.6 Å². The monoisotopic (exact) mass is 414 g/mol. The minimum atomic E-state index is -0.732. The quantitative estimate of drug-likeness (QED) is 0.516. The molecular weight excluding hydrogens is 404 g/mol. The van der Waals surface area contributed by atoms with Crippen molar-refractivity contribution in [1.82, 2.24) is 9.55 Å². The van der Waals surface area contributed by atoms with Crippen molar-refractivity contribution in [2.24, 2.45) is 0 Å². The Balaban J connectivity index is 2.34. The molecule has 0 saturated carbocycles. The number of phenols is 1. The summed E-state index contributed by atoms with van der Waals surface area (Å²) < 4.78 is 1.93. The molecule has 0 atom stereocenters. The molecule has 0 spiro atoms. The normalized spacial score (nSPS) is 10.6. The van der Waals surface area contributed by atoms with E-state index in [0.29, 0.717) is 21.2 Å². The summed E-state index contributed by atoms with van der Waals surface area (Å²) in [6.07, 6.45) is 0.334. The molecule has 0 fully saturated rings. The molecule has 1 N–H and O–H groups in total. The summed E-state index contributed by atoms with van der Waals surface area (Å²) in [7, 11) is 0. The van der Waals surface area contributed by atoms with Crippen LogP contribution in [0.1, 0.15) is 12.2 Å². The van der Waals surface area contributed by atoms with E-state index >= 15 is 0 Å². The number of nitriles is 1. The van der Waals surface area contributed by atoms with Crippen LogP contribution < -0.4 is 5.56 Å². The molecule has 8 nitrogen and oxygen atoms in total. The number of nitro groups is 1. The molecule has 2 aromatic carbocycles. The number of aromatic nitrogens is 2. The highest BCUT2D eigenvalue weighted by atomic mass is 79.9. The molecule has 0 amide bonds. The van der Waals surface area contributed by atoms with Crippen LogP contribution >= 0.6 is 15.9 Å². The summed E-state index contributed by atoms with van der Waals surface area (Å²) in [6, 6.07) is 10.7. The largest absolute Gasteiger partial charge is 0.502 e. The topological polar surface area (TPSA) is 122 Å². The smallest absolute Gasteiger partial charge is 0.312 e. The van der Waals surface area contributed by atoms with Gasteiger partial charge in [-0.3, -0.25) is 19.5 Å². The molecule has 130 valence electrons. The van der Waals surface area contributed by atoms with Crippen LogP contribution in [0.4, 0.5) is 5.69 Å². The van der Waals surface area contributed by atoms with Crippen LogP contribution in [0.25, 0.3) is 16.6 Å². The predicted molar refractivity (Wildman–Crippen MR) is 97.3 cm³/mol. The van der Waals surface area contributed by atoms with Gasteiger partial charge in [-0.05, 0) is 30.3 Å². The van der Waals surface area contributed by atoms with E-state index in [-0.39, 0.29) is 18.5 Å². The zero-order chi connectivity index (χ0) is 18.8. The van der Waals surface area contributed by atoms with E-state index in [4.69, 9.17) is 5.26 Å². The summed E-state index contributed by atoms with van der Waals surface area (Å²) in [5, 5.41) is 29.9. The second-order valence-electron chi connectivity index (χ2n) is 5.42. The van der Waals surface area contributed by atoms with Gasteiger partial charge >= 0.3 is 5.69 Å². The maximum atomic E-state index is 13.0. The fourth-order valence-electron chi connectivity index (χ4n) is 2.60. The number of benzene rings is 2. The van der Waals surface area contributed by atoms with Crippen LogP contribution in [-0.4, -0.2) is 19.6 Å². The second kappa shape index (κ2) is 6.93. The SMILES string of the molecule is N#CCCc1nc2ccc(Br)cc2c(=O)n1-c1ccc(O)c([N+](=O)[O-])c1. The molecule has 0 aliphatic heterocycles. The second-order valence-corrected chi connectivity index (χ2v) is 6.33. The lowest BCUT2D eigenvalue weighted by Gasteiger charge is -2.13. The Morgan fingerprint density at radius 1 is 1.31 bits per heavy atom. The van der Waals surface area contributed by atoms with Gasteiger partial charge in [0.25, 0.3) is 5.56 Å². The summed E-state index contributed by atoms with van der Waals surface area (Å²) >= 11 is 3.31. The lowest BCUT2D eigenvalue weighted by atomic mass is 10.2. The third-order valence-electron chi connectivity index (χ3n) is 3.77. The number of rotatable bonds is 4. The fraction of sp³-hybridized carbons (Fsp3) is 0.118. The van der Waals surface area contributed by atoms with Gasteiger partial charge in [-0.2, -0.15) is 5.26 Å². The van der Waals surface area contributed by atoms with Crippen molar-refractivity contribution in [3.8, 4) is 17.5 Å². The molecule has 0 aliphatic carbocycles. The van der Waals surface area contributed by atoms with Gasteiger partial charge in [0.2, 0.25) is 0 Å². The van der Waals surface area contributed by atoms with Crippen molar-refractivity contribution in [2.75, 3.05) is 0 Å². The molecule has 1 aromatic heterocycles. The first-order chi connectivity index (χ1) is 12.4. The van der Waals surface area contributed by atoms with Gasteiger partial charge in [0.05, 0.1) is 27.6 Å². The number of nitro benzene ring substituents is 1. The van der Waals surface area contributed by atoms with Crippen molar-refractivity contribution in [1.29, 1.82) is 5.26 Å². The van der Waals surface area contributed by atoms with Crippen molar-refractivity contribution in [2.45, 2.75) is 12.8 Å². The Bertz CT molecular complexity index is 1130. The Labute approximate surface area is 155 Å². The van der Waals surface area contributed by atoms with E-state index in [1.54, 1.807) is 18.2 Å². The molecule has 9 heteroatoms. The molecule has 0 radical (unpaired) electrons. The number of nitrogens with zero attached hydrogens (tertiary/aromatic N) is 4. The Kier molecular flexibility index (Phi) is 4.69. The number of halogens is 1. The van der Waals surface area contributed by atoms with Gasteiger partial charge in [0.1, 0.15) is 5.82 Å². The minimum Gasteiger partial charge on any atom is -0.502 e. The van der Waals surface area contributed by atoms with Gasteiger partial charge in [-0.15, -0.1) is 0 Å². The van der Waals surface area contributed by atoms with Gasteiger partial charge in [-0.25, -0.2) is 4.98 Å². The van der Waals surface area contributed by atoms with Gasteiger partial charge in [0.15, 0.2) is 5.75 Å². The Morgan fingerprint density at radius 2 is 2.08 bits per heavy atom. The average molecular weight is 415 g/mol. The zero-order valence-corrected chi connectivity index (χ0v) is 14.8. The van der Waals surface area contributed by atoms with Crippen molar-refractivity contribution in [3.05, 3.63) is 67.2 Å². The van der Waals surface area contributed by atoms with Crippen LogP contribution in [0.15, 0.2) is 45.7 Å². The van der Waals surface area contributed by atoms with Crippen LogP contribution in [0, 0.1) is 21.4 Å². The minimum absolute atomic E-state index is 0.134. The van der Waals surface area contributed by atoms with Crippen LogP contribution in [0.2, 0.25) is 0 Å². The molecule has 3 rings (SSSR count). The molecule has 0 saturated heterocycles. The number of hydrogen-bond acceptors (Lipinski definition) is 6. The standard InChI is InChI=1S/C17H11BrN4O4/c18-10-3-5-13-12(8-10)17(24)21(16(20-13)2-1-7-19)11-4-6-15(23)14(9-11)22(25)26/h3-6,8-9,23H,1-2H2. The van der Waals surface area contributed by atoms with E-state index in [1.807, 2.05) is 6.07 Å². The average Bonchev–Trinajstić information content (AvgIpc) is 2.61. The van der Waals surface area contributed by atoms with Crippen molar-refractivity contribution >= 4 is 32.5 Å². The molecule has 3 aromatic rings. The van der Waals surface area contributed by atoms with Gasteiger partial charge < -0.3 is 5.11 Å². The summed E-state index contributed by atoms with van der Waals surface area (Å²) in [6.45, 7) is 0. The highest BCUT2D eigenvalue weighted by Crippen LogP contribution is 2.28. The van der Waals surface area contributed by atoms with E-state index in [0.717, 1.165) is 12.1 Å². The highest BCUT2D eigenvalue weighted by Gasteiger charge is 2.18. The molecule has 1 heterocycles. The van der Waals surface area contributed by atoms with Gasteiger partial charge in [0, 0.05) is 23.4 Å². The number of phenolic OH excluding ortho intramolecular Hbond substituents is 1. The van der Waals surface area contributed by atoms with E-state index < -0.39 is 21.9 Å². The lowest BCUT2D eigenvalue weighted by molar-refractivity contribution is -0.385. The third-order valence-corrected chi connectivity index (χ3v) is 4.27. The predicted octanol–water partition coefficient (Wildman–Crippen LogP) is 3.22. The maximum Gasteiger partial charge on any atom is 0.312 e. The first kappa shape index (κ1) is 17.6. The first-order valence-corrected chi connectivity index (χ1v) is 8.27. The molecule has 0 bridgehead atoms. The van der Waals surface area contributed by atoms with Gasteiger partial charge in [-0.1, -0.05) is 15.9 Å². The van der Waals surface area contributed by atoms with Crippen molar-refractivity contribution in [3.63, 3.8) is 0 Å². The van der Waals surface area contributed by atoms with Crippen LogP contribution in [-0.2, 0) is 6.42 Å². The summed E-state index contributed by atoms with van der Waals surface area (Å²) in [5.41, 5.74) is -0.267. The zero-order valence-electron chi connectivity index (χ0n) is 13.2. The molecule has 0 aliphatic rings. The molecular formula is C17H11BrN4O4. The fourth-order valence-corrected chi connectivity index (χ4v) is 2.96.